The van der Waals surface area contributed by atoms with Gasteiger partial charge in [0.2, 0.25) is 5.91 Å². The molecule has 1 amide bonds. The number of amides is 1. The zero-order valence-corrected chi connectivity index (χ0v) is 21.0. The van der Waals surface area contributed by atoms with Crippen LogP contribution in [0.25, 0.3) is 0 Å². The lowest BCUT2D eigenvalue weighted by atomic mass is 10.00. The smallest absolute Gasteiger partial charge is 0.237 e. The van der Waals surface area contributed by atoms with E-state index < -0.39 is 6.10 Å². The van der Waals surface area contributed by atoms with Crippen molar-refractivity contribution in [3.8, 4) is 5.75 Å². The van der Waals surface area contributed by atoms with Crippen LogP contribution in [-0.4, -0.2) is 59.7 Å². The molecule has 1 aromatic carbocycles. The van der Waals surface area contributed by atoms with Gasteiger partial charge in [-0.05, 0) is 61.2 Å². The number of aliphatic hydroxyl groups excluding tert-OH is 1. The van der Waals surface area contributed by atoms with Gasteiger partial charge in [0.05, 0.1) is 18.7 Å². The first-order chi connectivity index (χ1) is 15.9. The van der Waals surface area contributed by atoms with Crippen molar-refractivity contribution < 1.29 is 14.6 Å². The quantitative estimate of drug-likeness (QED) is 0.451. The van der Waals surface area contributed by atoms with Crippen LogP contribution in [0.3, 0.4) is 0 Å². The molecule has 0 aliphatic carbocycles. The molecule has 0 bridgehead atoms. The summed E-state index contributed by atoms with van der Waals surface area (Å²) in [5.41, 5.74) is 2.39. The summed E-state index contributed by atoms with van der Waals surface area (Å²) in [5, 5.41) is 12.5. The Balaban J connectivity index is 1.70. The van der Waals surface area contributed by atoms with Gasteiger partial charge in [-0.1, -0.05) is 37.6 Å². The van der Waals surface area contributed by atoms with Crippen molar-refractivity contribution in [2.75, 3.05) is 32.8 Å². The highest BCUT2D eigenvalue weighted by molar-refractivity contribution is 7.10. The van der Waals surface area contributed by atoms with Crippen molar-refractivity contribution in [1.29, 1.82) is 0 Å². The van der Waals surface area contributed by atoms with E-state index in [1.54, 1.807) is 11.3 Å². The summed E-state index contributed by atoms with van der Waals surface area (Å²) in [6, 6.07) is 10.1. The minimum Gasteiger partial charge on any atom is -0.491 e. The highest BCUT2D eigenvalue weighted by atomic mass is 32.1. The maximum Gasteiger partial charge on any atom is 0.237 e. The minimum atomic E-state index is -0.458. The number of ether oxygens (including phenoxy) is 1. The molecule has 180 valence electrons. The summed E-state index contributed by atoms with van der Waals surface area (Å²) in [5.74, 6) is 1.33. The van der Waals surface area contributed by atoms with E-state index in [2.05, 4.69) is 43.7 Å². The molecule has 33 heavy (non-hydrogen) atoms. The summed E-state index contributed by atoms with van der Waals surface area (Å²) >= 11 is 1.76. The highest BCUT2D eigenvalue weighted by Gasteiger charge is 2.33. The number of allylic oxidation sites excluding steroid dienone is 1. The second kappa shape index (κ2) is 12.4. The number of nitrogens with zero attached hydrogens (tertiary/aromatic N) is 2. The van der Waals surface area contributed by atoms with Gasteiger partial charge in [0.1, 0.15) is 12.4 Å². The van der Waals surface area contributed by atoms with Crippen molar-refractivity contribution in [1.82, 2.24) is 9.80 Å². The van der Waals surface area contributed by atoms with Crippen LogP contribution in [0.1, 0.15) is 48.7 Å². The van der Waals surface area contributed by atoms with Crippen LogP contribution in [0.2, 0.25) is 0 Å². The molecule has 1 aliphatic rings. The molecule has 0 fully saturated rings. The molecule has 2 aromatic rings. The lowest BCUT2D eigenvalue weighted by Crippen LogP contribution is -2.48. The van der Waals surface area contributed by atoms with Gasteiger partial charge >= 0.3 is 0 Å². The Hall–Kier alpha value is -2.15. The number of benzene rings is 1. The third-order valence-electron chi connectivity index (χ3n) is 6.00. The fraction of sp³-hybridized carbons (Fsp3) is 0.519. The van der Waals surface area contributed by atoms with Gasteiger partial charge in [0.25, 0.3) is 0 Å². The molecule has 0 radical (unpaired) electrons. The molecule has 1 aromatic heterocycles. The van der Waals surface area contributed by atoms with E-state index in [9.17, 15) is 9.90 Å². The van der Waals surface area contributed by atoms with Crippen LogP contribution in [0.5, 0.6) is 5.75 Å². The van der Waals surface area contributed by atoms with Crippen molar-refractivity contribution in [3.05, 3.63) is 64.4 Å². The predicted octanol–water partition coefficient (Wildman–Crippen LogP) is 4.85. The molecular weight excluding hydrogens is 432 g/mol. The third-order valence-corrected chi connectivity index (χ3v) is 7.00. The van der Waals surface area contributed by atoms with Crippen molar-refractivity contribution >= 4 is 17.2 Å². The van der Waals surface area contributed by atoms with Crippen LogP contribution >= 0.6 is 11.3 Å². The molecule has 0 saturated carbocycles. The average Bonchev–Trinajstić information content (AvgIpc) is 3.25. The molecule has 6 heteroatoms. The zero-order valence-electron chi connectivity index (χ0n) is 20.2. The van der Waals surface area contributed by atoms with Crippen LogP contribution < -0.4 is 4.74 Å². The first-order valence-electron chi connectivity index (χ1n) is 11.9. The highest BCUT2D eigenvalue weighted by Crippen LogP contribution is 2.34. The number of rotatable bonds is 12. The normalized spacial score (nSPS) is 16.7. The second-order valence-corrected chi connectivity index (χ2v) is 10.4. The first kappa shape index (κ1) is 25.5. The van der Waals surface area contributed by atoms with E-state index in [1.807, 2.05) is 35.2 Å². The van der Waals surface area contributed by atoms with Crippen LogP contribution in [0, 0.1) is 12.8 Å². The summed E-state index contributed by atoms with van der Waals surface area (Å²) in [7, 11) is 0. The fourth-order valence-corrected chi connectivity index (χ4v) is 5.31. The minimum absolute atomic E-state index is 0.0969. The second-order valence-electron chi connectivity index (χ2n) is 9.38. The molecule has 2 heterocycles. The molecule has 0 spiro atoms. The van der Waals surface area contributed by atoms with Crippen molar-refractivity contribution in [3.63, 3.8) is 0 Å². The summed E-state index contributed by atoms with van der Waals surface area (Å²) in [4.78, 5) is 18.9. The van der Waals surface area contributed by atoms with Gasteiger partial charge < -0.3 is 14.7 Å². The number of carbonyl (C=O) groups excluding carboxylic acids is 1. The molecule has 0 saturated heterocycles. The number of aliphatic hydroxyl groups is 1. The SMILES string of the molecule is C=CCCC(O)CN(CC(=O)N1CCc2sccc2C1COc1ccc(C)cc1)CC(C)C. The van der Waals surface area contributed by atoms with Gasteiger partial charge in [-0.2, -0.15) is 0 Å². The lowest BCUT2D eigenvalue weighted by molar-refractivity contribution is -0.136. The Bertz CT molecular complexity index is 893. The van der Waals surface area contributed by atoms with E-state index in [0.717, 1.165) is 25.1 Å². The maximum atomic E-state index is 13.5. The summed E-state index contributed by atoms with van der Waals surface area (Å²) < 4.78 is 6.13. The van der Waals surface area contributed by atoms with Gasteiger partial charge in [0.15, 0.2) is 0 Å². The van der Waals surface area contributed by atoms with Gasteiger partial charge in [-0.25, -0.2) is 0 Å². The van der Waals surface area contributed by atoms with Crippen molar-refractivity contribution in [2.45, 2.75) is 52.2 Å². The number of hydrogen-bond acceptors (Lipinski definition) is 5. The van der Waals surface area contributed by atoms with Gasteiger partial charge in [-0.15, -0.1) is 17.9 Å². The Morgan fingerprint density at radius 1 is 1.30 bits per heavy atom. The number of fused-ring (bicyclic) bond motifs is 1. The van der Waals surface area contributed by atoms with Gasteiger partial charge in [-0.3, -0.25) is 9.69 Å². The molecule has 1 N–H and O–H groups in total. The first-order valence-corrected chi connectivity index (χ1v) is 12.8. The Labute approximate surface area is 202 Å². The summed E-state index contributed by atoms with van der Waals surface area (Å²) in [6.45, 7) is 12.8. The Morgan fingerprint density at radius 3 is 2.76 bits per heavy atom. The van der Waals surface area contributed by atoms with Crippen LogP contribution in [-0.2, 0) is 11.2 Å². The van der Waals surface area contributed by atoms with Crippen LogP contribution in [0.15, 0.2) is 48.4 Å². The number of hydrogen-bond donors (Lipinski definition) is 1. The number of carbonyl (C=O) groups is 1. The van der Waals surface area contributed by atoms with E-state index in [0.29, 0.717) is 38.6 Å². The summed E-state index contributed by atoms with van der Waals surface area (Å²) in [6.07, 6.45) is 3.69. The van der Waals surface area contributed by atoms with Crippen molar-refractivity contribution in [2.24, 2.45) is 5.92 Å². The Morgan fingerprint density at radius 2 is 2.06 bits per heavy atom. The molecule has 5 nitrogen and oxygen atoms in total. The maximum absolute atomic E-state index is 13.5. The fourth-order valence-electron chi connectivity index (χ4n) is 4.39. The average molecular weight is 471 g/mol. The molecule has 2 atom stereocenters. The Kier molecular flexibility index (Phi) is 9.53. The van der Waals surface area contributed by atoms with Gasteiger partial charge in [0, 0.05) is 24.5 Å². The van der Waals surface area contributed by atoms with E-state index in [-0.39, 0.29) is 11.9 Å². The monoisotopic (exact) mass is 470 g/mol. The number of thiophene rings is 1. The zero-order chi connectivity index (χ0) is 23.8. The van der Waals surface area contributed by atoms with Crippen LogP contribution in [0.4, 0.5) is 0 Å². The topological polar surface area (TPSA) is 53.0 Å². The standard InChI is InChI=1S/C27H38N2O3S/c1-5-6-7-22(30)17-28(16-20(2)3)18-27(31)29-14-12-26-24(13-15-33-26)25(29)19-32-23-10-8-21(4)9-11-23/h5,8-11,13,15,20,22,25,30H,1,6-7,12,14,16-19H2,2-4H3. The molecule has 1 aliphatic heterocycles. The number of aryl methyl sites for hydroxylation is 1. The van der Waals surface area contributed by atoms with E-state index in [1.165, 1.54) is 16.0 Å². The third kappa shape index (κ3) is 7.42. The lowest BCUT2D eigenvalue weighted by Gasteiger charge is -2.37. The molecule has 3 rings (SSSR count). The molecular formula is C27H38N2O3S. The predicted molar refractivity (Wildman–Crippen MR) is 136 cm³/mol. The van der Waals surface area contributed by atoms with E-state index in [4.69, 9.17) is 4.74 Å². The van der Waals surface area contributed by atoms with E-state index >= 15 is 0 Å². The molecule has 2 unspecified atom stereocenters. The largest absolute Gasteiger partial charge is 0.491 e.